The highest BCUT2D eigenvalue weighted by atomic mass is 127. The first-order chi connectivity index (χ1) is 5.82. The van der Waals surface area contributed by atoms with Crippen LogP contribution in [0.5, 0.6) is 0 Å². The molecule has 0 heterocycles. The Kier molecular flexibility index (Phi) is 4.01. The molecule has 0 amide bonds. The number of halogens is 3. The summed E-state index contributed by atoms with van der Waals surface area (Å²) < 4.78 is 32.5. The zero-order valence-electron chi connectivity index (χ0n) is 5.96. The van der Waals surface area contributed by atoms with Gasteiger partial charge in [0.05, 0.1) is 0 Å². The summed E-state index contributed by atoms with van der Waals surface area (Å²) in [5.41, 5.74) is 0. The smallest absolute Gasteiger partial charge is 0.282 e. The molecule has 0 aliphatic carbocycles. The number of hydrogen-bond donors (Lipinski definition) is 1. The molecule has 72 valence electrons. The molecule has 1 aromatic carbocycles. The van der Waals surface area contributed by atoms with Gasteiger partial charge >= 0.3 is 0 Å². The molecule has 0 fully saturated rings. The van der Waals surface area contributed by atoms with E-state index in [0.717, 1.165) is 4.47 Å². The summed E-state index contributed by atoms with van der Waals surface area (Å²) in [6.45, 7) is 0. The highest BCUT2D eigenvalue weighted by Gasteiger charge is 2.18. The summed E-state index contributed by atoms with van der Waals surface area (Å²) in [7, 11) is -4.12. The monoisotopic (exact) mass is 488 g/mol. The van der Waals surface area contributed by atoms with E-state index in [1.807, 2.05) is 45.2 Å². The van der Waals surface area contributed by atoms with E-state index in [4.69, 9.17) is 4.55 Å². The minimum atomic E-state index is -4.12. The van der Waals surface area contributed by atoms with Crippen molar-refractivity contribution in [3.8, 4) is 0 Å². The highest BCUT2D eigenvalue weighted by molar-refractivity contribution is 14.1. The Labute approximate surface area is 111 Å². The first-order valence-electron chi connectivity index (χ1n) is 2.94. The molecule has 13 heavy (non-hydrogen) atoms. The zero-order chi connectivity index (χ0) is 10.2. The van der Waals surface area contributed by atoms with Crippen LogP contribution in [0.4, 0.5) is 0 Å². The van der Waals surface area contributed by atoms with E-state index in [1.54, 1.807) is 12.1 Å². The molecular formula is C6H3BrI2O3S. The van der Waals surface area contributed by atoms with Gasteiger partial charge in [-0.1, -0.05) is 15.9 Å². The summed E-state index contributed by atoms with van der Waals surface area (Å²) in [4.78, 5) is -0.0306. The Hall–Kier alpha value is 1.07. The molecule has 0 aliphatic heterocycles. The molecule has 3 nitrogen and oxygen atoms in total. The summed E-state index contributed by atoms with van der Waals surface area (Å²) in [6.07, 6.45) is 0. The van der Waals surface area contributed by atoms with E-state index >= 15 is 0 Å². The van der Waals surface area contributed by atoms with Crippen LogP contribution in [0, 0.1) is 7.14 Å². The molecule has 1 N–H and O–H groups in total. The van der Waals surface area contributed by atoms with Crippen LogP contribution in [0.15, 0.2) is 21.5 Å². The van der Waals surface area contributed by atoms with Crippen molar-refractivity contribution < 1.29 is 13.0 Å². The van der Waals surface area contributed by atoms with E-state index in [9.17, 15) is 8.42 Å². The molecule has 0 spiro atoms. The minimum Gasteiger partial charge on any atom is -0.282 e. The van der Waals surface area contributed by atoms with Crippen LogP contribution in [-0.2, 0) is 10.1 Å². The second-order valence-electron chi connectivity index (χ2n) is 2.17. The maximum Gasteiger partial charge on any atom is 0.296 e. The molecule has 0 atom stereocenters. The lowest BCUT2D eigenvalue weighted by atomic mass is 10.4. The lowest BCUT2D eigenvalue weighted by molar-refractivity contribution is 0.482. The van der Waals surface area contributed by atoms with Crippen molar-refractivity contribution in [3.63, 3.8) is 0 Å². The van der Waals surface area contributed by atoms with Gasteiger partial charge in [-0.3, -0.25) is 4.55 Å². The van der Waals surface area contributed by atoms with Crippen LogP contribution in [0.1, 0.15) is 0 Å². The van der Waals surface area contributed by atoms with E-state index in [-0.39, 0.29) is 4.90 Å². The van der Waals surface area contributed by atoms with Crippen LogP contribution in [0.3, 0.4) is 0 Å². The fraction of sp³-hybridized carbons (Fsp3) is 0. The fourth-order valence-electron chi connectivity index (χ4n) is 0.775. The van der Waals surface area contributed by atoms with Crippen LogP contribution in [-0.4, -0.2) is 13.0 Å². The first kappa shape index (κ1) is 12.1. The zero-order valence-corrected chi connectivity index (χ0v) is 12.7. The van der Waals surface area contributed by atoms with Crippen molar-refractivity contribution in [3.05, 3.63) is 23.7 Å². The Balaban J connectivity index is 3.57. The van der Waals surface area contributed by atoms with E-state index in [2.05, 4.69) is 15.9 Å². The van der Waals surface area contributed by atoms with Crippen molar-refractivity contribution in [2.75, 3.05) is 0 Å². The van der Waals surface area contributed by atoms with E-state index in [1.165, 1.54) is 0 Å². The van der Waals surface area contributed by atoms with Gasteiger partial charge in [-0.25, -0.2) is 0 Å². The summed E-state index contributed by atoms with van der Waals surface area (Å²) in [6, 6.07) is 3.26. The van der Waals surface area contributed by atoms with Gasteiger partial charge in [0.25, 0.3) is 10.1 Å². The third-order valence-corrected chi connectivity index (χ3v) is 5.07. The van der Waals surface area contributed by atoms with Gasteiger partial charge in [0, 0.05) is 11.6 Å². The normalized spacial score (nSPS) is 11.7. The quantitative estimate of drug-likeness (QED) is 0.488. The summed E-state index contributed by atoms with van der Waals surface area (Å²) in [5, 5.41) is 0. The average Bonchev–Trinajstić information content (AvgIpc) is 1.78. The topological polar surface area (TPSA) is 54.4 Å². The second kappa shape index (κ2) is 4.29. The largest absolute Gasteiger partial charge is 0.296 e. The minimum absolute atomic E-state index is 0.0306. The first-order valence-corrected chi connectivity index (χ1v) is 7.33. The Morgan fingerprint density at radius 3 is 1.92 bits per heavy atom. The Bertz CT molecular complexity index is 420. The van der Waals surface area contributed by atoms with E-state index in [0.29, 0.717) is 7.14 Å². The van der Waals surface area contributed by atoms with Crippen LogP contribution in [0.2, 0.25) is 0 Å². The number of benzene rings is 1. The van der Waals surface area contributed by atoms with Gasteiger partial charge in [-0.15, -0.1) is 0 Å². The molecule has 1 aromatic rings. The molecular weight excluding hydrogens is 486 g/mol. The molecule has 0 radical (unpaired) electrons. The van der Waals surface area contributed by atoms with Gasteiger partial charge < -0.3 is 0 Å². The fourth-order valence-corrected chi connectivity index (χ4v) is 6.14. The third kappa shape index (κ3) is 3.01. The van der Waals surface area contributed by atoms with Gasteiger partial charge in [-0.2, -0.15) is 8.42 Å². The van der Waals surface area contributed by atoms with Crippen LogP contribution >= 0.6 is 61.1 Å². The standard InChI is InChI=1S/C6H3BrI2O3S/c7-3-1-4(8)6(5(9)2-3)13(10,11)12/h1-2H,(H,10,11,12). The predicted molar refractivity (Wildman–Crippen MR) is 69.4 cm³/mol. The van der Waals surface area contributed by atoms with Crippen molar-refractivity contribution >= 4 is 71.2 Å². The third-order valence-electron chi connectivity index (χ3n) is 1.22. The molecule has 0 aromatic heterocycles. The van der Waals surface area contributed by atoms with E-state index < -0.39 is 10.1 Å². The Morgan fingerprint density at radius 1 is 1.23 bits per heavy atom. The predicted octanol–water partition coefficient (Wildman–Crippen LogP) is 2.91. The van der Waals surface area contributed by atoms with Crippen LogP contribution < -0.4 is 0 Å². The average molecular weight is 489 g/mol. The van der Waals surface area contributed by atoms with Gasteiger partial charge in [0.2, 0.25) is 0 Å². The molecule has 7 heteroatoms. The lowest BCUT2D eigenvalue weighted by Gasteiger charge is -2.04. The number of hydrogen-bond acceptors (Lipinski definition) is 2. The lowest BCUT2D eigenvalue weighted by Crippen LogP contribution is -2.03. The van der Waals surface area contributed by atoms with Crippen molar-refractivity contribution in [1.29, 1.82) is 0 Å². The molecule has 0 bridgehead atoms. The molecule has 0 saturated heterocycles. The highest BCUT2D eigenvalue weighted by Crippen LogP contribution is 2.27. The molecule has 1 rings (SSSR count). The van der Waals surface area contributed by atoms with Gasteiger partial charge in [0.1, 0.15) is 4.90 Å². The van der Waals surface area contributed by atoms with Gasteiger partial charge in [-0.05, 0) is 57.3 Å². The molecule has 0 saturated carbocycles. The van der Waals surface area contributed by atoms with Crippen LogP contribution in [0.25, 0.3) is 0 Å². The SMILES string of the molecule is O=S(=O)(O)c1c(I)cc(Br)cc1I. The number of rotatable bonds is 1. The van der Waals surface area contributed by atoms with Crippen molar-refractivity contribution in [2.24, 2.45) is 0 Å². The summed E-state index contributed by atoms with van der Waals surface area (Å²) in [5.74, 6) is 0. The van der Waals surface area contributed by atoms with Crippen molar-refractivity contribution in [2.45, 2.75) is 4.90 Å². The summed E-state index contributed by atoms with van der Waals surface area (Å²) >= 11 is 6.95. The second-order valence-corrected chi connectivity index (χ2v) is 6.77. The van der Waals surface area contributed by atoms with Gasteiger partial charge in [0.15, 0.2) is 0 Å². The molecule has 0 unspecified atom stereocenters. The van der Waals surface area contributed by atoms with Crippen molar-refractivity contribution in [1.82, 2.24) is 0 Å². The molecule has 0 aliphatic rings. The Morgan fingerprint density at radius 2 is 1.62 bits per heavy atom. The maximum atomic E-state index is 10.9. The maximum absolute atomic E-state index is 10.9.